The van der Waals surface area contributed by atoms with E-state index in [1.165, 1.54) is 0 Å². The second-order valence-corrected chi connectivity index (χ2v) is 10.2. The number of nitrogens with zero attached hydrogens (tertiary/aromatic N) is 3. The molecule has 2 amide bonds. The molecule has 6 nitrogen and oxygen atoms in total. The van der Waals surface area contributed by atoms with Crippen LogP contribution >= 0.6 is 11.6 Å². The summed E-state index contributed by atoms with van der Waals surface area (Å²) in [6, 6.07) is 15.1. The summed E-state index contributed by atoms with van der Waals surface area (Å²) in [6.07, 6.45) is 1.89. The standard InChI is InChI=1S/C27H34ClN3O3/c1-21-6-3-4-9-24(21)26(33)31-12-10-27(11-13-31,20-34-23-8-5-7-22(28)18-23)19-25(32)30-16-14-29(2)15-17-30/h3-9,18H,10-17,19-20H2,1-2H3. The maximum atomic E-state index is 13.3. The number of halogens is 1. The molecule has 2 saturated heterocycles. The minimum Gasteiger partial charge on any atom is -0.493 e. The third kappa shape index (κ3) is 5.91. The Balaban J connectivity index is 1.46. The first-order valence-electron chi connectivity index (χ1n) is 12.0. The number of likely N-dealkylation sites (N-methyl/N-ethyl adjacent to an activating group) is 1. The lowest BCUT2D eigenvalue weighted by atomic mass is 9.75. The number of hydrogen-bond acceptors (Lipinski definition) is 4. The van der Waals surface area contributed by atoms with Gasteiger partial charge >= 0.3 is 0 Å². The monoisotopic (exact) mass is 483 g/mol. The molecule has 2 aliphatic heterocycles. The molecule has 2 fully saturated rings. The lowest BCUT2D eigenvalue weighted by molar-refractivity contribution is -0.136. The number of likely N-dealkylation sites (tertiary alicyclic amines) is 1. The highest BCUT2D eigenvalue weighted by Crippen LogP contribution is 2.37. The Bertz CT molecular complexity index is 1010. The van der Waals surface area contributed by atoms with Crippen molar-refractivity contribution < 1.29 is 14.3 Å². The number of hydrogen-bond donors (Lipinski definition) is 0. The van der Waals surface area contributed by atoms with Crippen LogP contribution in [0.1, 0.15) is 35.2 Å². The number of piperidine rings is 1. The number of aryl methyl sites for hydroxylation is 1. The second kappa shape index (κ2) is 10.8. The summed E-state index contributed by atoms with van der Waals surface area (Å²) in [5.41, 5.74) is 1.42. The van der Waals surface area contributed by atoms with Crippen LogP contribution in [0.5, 0.6) is 5.75 Å². The lowest BCUT2D eigenvalue weighted by Crippen LogP contribution is -2.51. The zero-order chi connectivity index (χ0) is 24.1. The Labute approximate surface area is 207 Å². The van der Waals surface area contributed by atoms with E-state index < -0.39 is 0 Å². The van der Waals surface area contributed by atoms with E-state index in [2.05, 4.69) is 11.9 Å². The van der Waals surface area contributed by atoms with Crippen molar-refractivity contribution in [2.45, 2.75) is 26.2 Å². The zero-order valence-corrected chi connectivity index (χ0v) is 20.9. The van der Waals surface area contributed by atoms with Crippen LogP contribution in [0.3, 0.4) is 0 Å². The van der Waals surface area contributed by atoms with Crippen molar-refractivity contribution in [3.05, 3.63) is 64.7 Å². The maximum absolute atomic E-state index is 13.3. The molecule has 0 aliphatic carbocycles. The Morgan fingerprint density at radius 2 is 1.65 bits per heavy atom. The van der Waals surface area contributed by atoms with Crippen molar-refractivity contribution in [1.82, 2.24) is 14.7 Å². The van der Waals surface area contributed by atoms with E-state index in [0.29, 0.717) is 36.9 Å². The number of benzene rings is 2. The van der Waals surface area contributed by atoms with Crippen LogP contribution in [0.25, 0.3) is 0 Å². The summed E-state index contributed by atoms with van der Waals surface area (Å²) in [4.78, 5) is 32.6. The zero-order valence-electron chi connectivity index (χ0n) is 20.1. The molecular weight excluding hydrogens is 450 g/mol. The van der Waals surface area contributed by atoms with E-state index in [1.54, 1.807) is 6.07 Å². The molecule has 34 heavy (non-hydrogen) atoms. The van der Waals surface area contributed by atoms with E-state index in [9.17, 15) is 9.59 Å². The Kier molecular flexibility index (Phi) is 7.79. The van der Waals surface area contributed by atoms with Crippen LogP contribution in [-0.2, 0) is 4.79 Å². The summed E-state index contributed by atoms with van der Waals surface area (Å²) in [6.45, 7) is 6.95. The van der Waals surface area contributed by atoms with Gasteiger partial charge in [0.05, 0.1) is 6.61 Å². The lowest BCUT2D eigenvalue weighted by Gasteiger charge is -2.43. The first-order valence-corrected chi connectivity index (χ1v) is 12.4. The molecule has 2 heterocycles. The Morgan fingerprint density at radius 1 is 0.941 bits per heavy atom. The molecule has 7 heteroatoms. The molecule has 2 aliphatic rings. The first-order chi connectivity index (χ1) is 16.3. The number of piperazine rings is 1. The number of carbonyl (C=O) groups is 2. The molecule has 4 rings (SSSR count). The fraction of sp³-hybridized carbons (Fsp3) is 0.481. The second-order valence-electron chi connectivity index (χ2n) is 9.71. The molecule has 2 aromatic rings. The summed E-state index contributed by atoms with van der Waals surface area (Å²) in [5.74, 6) is 0.951. The van der Waals surface area contributed by atoms with Gasteiger partial charge in [-0.1, -0.05) is 35.9 Å². The van der Waals surface area contributed by atoms with Crippen LogP contribution in [0.4, 0.5) is 0 Å². The number of carbonyl (C=O) groups excluding carboxylic acids is 2. The number of amides is 2. The molecule has 0 aromatic heterocycles. The first kappa shape index (κ1) is 24.6. The highest BCUT2D eigenvalue weighted by molar-refractivity contribution is 6.30. The van der Waals surface area contributed by atoms with Gasteiger partial charge in [0.25, 0.3) is 5.91 Å². The molecule has 0 spiro atoms. The van der Waals surface area contributed by atoms with Crippen LogP contribution in [0, 0.1) is 12.3 Å². The summed E-state index contributed by atoms with van der Waals surface area (Å²) < 4.78 is 6.17. The SMILES string of the molecule is Cc1ccccc1C(=O)N1CCC(COc2cccc(Cl)c2)(CC(=O)N2CCN(C)CC2)CC1. The smallest absolute Gasteiger partial charge is 0.254 e. The molecule has 0 N–H and O–H groups in total. The van der Waals surface area contributed by atoms with Crippen molar-refractivity contribution in [2.75, 3.05) is 52.9 Å². The van der Waals surface area contributed by atoms with Gasteiger partial charge in [-0.25, -0.2) is 0 Å². The van der Waals surface area contributed by atoms with E-state index >= 15 is 0 Å². The van der Waals surface area contributed by atoms with Gasteiger partial charge in [0, 0.05) is 61.7 Å². The van der Waals surface area contributed by atoms with Crippen LogP contribution in [0.2, 0.25) is 5.02 Å². The predicted octanol–water partition coefficient (Wildman–Crippen LogP) is 4.11. The van der Waals surface area contributed by atoms with Crippen LogP contribution in [0.15, 0.2) is 48.5 Å². The van der Waals surface area contributed by atoms with Crippen LogP contribution in [-0.4, -0.2) is 79.4 Å². The summed E-state index contributed by atoms with van der Waals surface area (Å²) in [5, 5.41) is 0.624. The third-order valence-electron chi connectivity index (χ3n) is 7.21. The normalized spacial score (nSPS) is 18.6. The summed E-state index contributed by atoms with van der Waals surface area (Å²) >= 11 is 6.13. The predicted molar refractivity (Wildman–Crippen MR) is 134 cm³/mol. The van der Waals surface area contributed by atoms with Gasteiger partial charge in [-0.15, -0.1) is 0 Å². The van der Waals surface area contributed by atoms with E-state index in [4.69, 9.17) is 16.3 Å². The largest absolute Gasteiger partial charge is 0.493 e. The molecule has 0 bridgehead atoms. The van der Waals surface area contributed by atoms with Crippen molar-refractivity contribution in [1.29, 1.82) is 0 Å². The minimum atomic E-state index is -0.314. The molecule has 0 atom stereocenters. The quantitative estimate of drug-likeness (QED) is 0.620. The molecule has 0 radical (unpaired) electrons. The fourth-order valence-corrected chi connectivity index (χ4v) is 5.00. The highest BCUT2D eigenvalue weighted by Gasteiger charge is 2.40. The van der Waals surface area contributed by atoms with Gasteiger partial charge in [-0.3, -0.25) is 9.59 Å². The van der Waals surface area contributed by atoms with Crippen LogP contribution < -0.4 is 4.74 Å². The topological polar surface area (TPSA) is 53.1 Å². The highest BCUT2D eigenvalue weighted by atomic mass is 35.5. The molecule has 2 aromatic carbocycles. The molecular formula is C27H34ClN3O3. The molecule has 182 valence electrons. The van der Waals surface area contributed by atoms with Gasteiger partial charge in [0.15, 0.2) is 0 Å². The number of ether oxygens (including phenoxy) is 1. The van der Waals surface area contributed by atoms with Gasteiger partial charge < -0.3 is 19.4 Å². The maximum Gasteiger partial charge on any atom is 0.254 e. The van der Waals surface area contributed by atoms with Gasteiger partial charge in [-0.05, 0) is 56.6 Å². The average molecular weight is 484 g/mol. The van der Waals surface area contributed by atoms with Crippen molar-refractivity contribution >= 4 is 23.4 Å². The van der Waals surface area contributed by atoms with Crippen molar-refractivity contribution in [3.8, 4) is 5.75 Å². The van der Waals surface area contributed by atoms with E-state index in [0.717, 1.165) is 50.1 Å². The summed E-state index contributed by atoms with van der Waals surface area (Å²) in [7, 11) is 2.09. The van der Waals surface area contributed by atoms with Crippen molar-refractivity contribution in [3.63, 3.8) is 0 Å². The molecule has 0 saturated carbocycles. The van der Waals surface area contributed by atoms with Gasteiger partial charge in [0.2, 0.25) is 5.91 Å². The van der Waals surface area contributed by atoms with Crippen molar-refractivity contribution in [2.24, 2.45) is 5.41 Å². The minimum absolute atomic E-state index is 0.0628. The Morgan fingerprint density at radius 3 is 2.32 bits per heavy atom. The number of rotatable bonds is 6. The third-order valence-corrected chi connectivity index (χ3v) is 7.45. The van der Waals surface area contributed by atoms with E-state index in [-0.39, 0.29) is 17.2 Å². The molecule has 0 unspecified atom stereocenters. The van der Waals surface area contributed by atoms with E-state index in [1.807, 2.05) is 59.2 Å². The average Bonchev–Trinajstić information content (AvgIpc) is 2.84. The van der Waals surface area contributed by atoms with Gasteiger partial charge in [0.1, 0.15) is 5.75 Å². The van der Waals surface area contributed by atoms with Gasteiger partial charge in [-0.2, -0.15) is 0 Å². The fourth-order valence-electron chi connectivity index (χ4n) is 4.82. The Hall–Kier alpha value is -2.57.